The Morgan fingerprint density at radius 1 is 1.12 bits per heavy atom. The van der Waals surface area contributed by atoms with Gasteiger partial charge in [-0.25, -0.2) is 0 Å². The summed E-state index contributed by atoms with van der Waals surface area (Å²) in [7, 11) is 0. The van der Waals surface area contributed by atoms with E-state index in [0.717, 1.165) is 35.7 Å². The number of benzene rings is 2. The van der Waals surface area contributed by atoms with E-state index in [1.54, 1.807) is 4.90 Å². The fourth-order valence-corrected chi connectivity index (χ4v) is 4.79. The molecule has 0 saturated heterocycles. The Labute approximate surface area is 206 Å². The van der Waals surface area contributed by atoms with Crippen molar-refractivity contribution in [1.29, 1.82) is 0 Å². The number of hydrogen-bond donors (Lipinski definition) is 1. The van der Waals surface area contributed by atoms with Crippen molar-refractivity contribution in [2.45, 2.75) is 77.4 Å². The van der Waals surface area contributed by atoms with Gasteiger partial charge in [-0.2, -0.15) is 0 Å². The summed E-state index contributed by atoms with van der Waals surface area (Å²) in [6, 6.07) is 15.4. The van der Waals surface area contributed by atoms with Crippen LogP contribution in [0.3, 0.4) is 0 Å². The van der Waals surface area contributed by atoms with Crippen molar-refractivity contribution in [2.24, 2.45) is 0 Å². The summed E-state index contributed by atoms with van der Waals surface area (Å²) in [6.07, 6.45) is 4.86. The van der Waals surface area contributed by atoms with Gasteiger partial charge in [0, 0.05) is 12.6 Å². The molecule has 1 aliphatic rings. The van der Waals surface area contributed by atoms with Gasteiger partial charge in [-0.1, -0.05) is 70.0 Å². The van der Waals surface area contributed by atoms with Crippen LogP contribution in [0.25, 0.3) is 0 Å². The van der Waals surface area contributed by atoms with E-state index < -0.39 is 6.04 Å². The van der Waals surface area contributed by atoms with E-state index in [2.05, 4.69) is 35.1 Å². The molecule has 33 heavy (non-hydrogen) atoms. The zero-order chi connectivity index (χ0) is 23.8. The maximum Gasteiger partial charge on any atom is 0.261 e. The predicted molar refractivity (Wildman–Crippen MR) is 135 cm³/mol. The fourth-order valence-electron chi connectivity index (χ4n) is 4.28. The number of carbonyl (C=O) groups is 2. The van der Waals surface area contributed by atoms with Crippen molar-refractivity contribution in [1.82, 2.24) is 10.2 Å². The van der Waals surface area contributed by atoms with Gasteiger partial charge < -0.3 is 15.0 Å². The van der Waals surface area contributed by atoms with Crippen LogP contribution in [0.1, 0.15) is 69.9 Å². The van der Waals surface area contributed by atoms with E-state index in [1.807, 2.05) is 55.5 Å². The molecule has 1 fully saturated rings. The Kier molecular flexibility index (Phi) is 9.36. The van der Waals surface area contributed by atoms with Crippen LogP contribution in [0.15, 0.2) is 53.0 Å². The maximum absolute atomic E-state index is 13.4. The van der Waals surface area contributed by atoms with Crippen LogP contribution in [0.4, 0.5) is 0 Å². The molecule has 5 nitrogen and oxygen atoms in total. The number of nitrogens with zero attached hydrogens (tertiary/aromatic N) is 1. The lowest BCUT2D eigenvalue weighted by Gasteiger charge is -2.31. The molecule has 2 aromatic rings. The first kappa shape index (κ1) is 25.3. The third kappa shape index (κ3) is 7.07. The minimum Gasteiger partial charge on any atom is -0.483 e. The number of hydrogen-bond acceptors (Lipinski definition) is 3. The number of amides is 2. The van der Waals surface area contributed by atoms with Gasteiger partial charge in [-0.05, 0) is 64.4 Å². The average molecular weight is 515 g/mol. The second-order valence-electron chi connectivity index (χ2n) is 9.05. The van der Waals surface area contributed by atoms with Crippen LogP contribution >= 0.6 is 15.9 Å². The smallest absolute Gasteiger partial charge is 0.261 e. The summed E-state index contributed by atoms with van der Waals surface area (Å²) < 4.78 is 6.71. The summed E-state index contributed by atoms with van der Waals surface area (Å²) in [4.78, 5) is 28.2. The zero-order valence-electron chi connectivity index (χ0n) is 19.9. The molecule has 1 N–H and O–H groups in total. The van der Waals surface area contributed by atoms with Gasteiger partial charge in [0.2, 0.25) is 5.91 Å². The highest BCUT2D eigenvalue weighted by molar-refractivity contribution is 9.10. The third-order valence-electron chi connectivity index (χ3n) is 6.26. The first-order chi connectivity index (χ1) is 15.9. The Bertz CT molecular complexity index is 926. The number of halogens is 1. The minimum atomic E-state index is -0.534. The molecule has 0 aromatic heterocycles. The van der Waals surface area contributed by atoms with Crippen LogP contribution in [0, 0.1) is 0 Å². The minimum absolute atomic E-state index is 0.0730. The standard InChI is InChI=1S/C27H35BrN2O3/c1-4-24(27(32)29-22-12-8-9-13-22)30(17-20-10-6-5-7-11-20)26(31)18-33-25-15-14-21(19(2)3)16-23(25)28/h5-7,10-11,14-16,19,22,24H,4,8-9,12-13,17-18H2,1-3H3,(H,29,32)/t24-/m0/s1. The molecule has 0 spiro atoms. The first-order valence-electron chi connectivity index (χ1n) is 11.9. The van der Waals surface area contributed by atoms with E-state index in [0.29, 0.717) is 24.6 Å². The molecule has 1 saturated carbocycles. The highest BCUT2D eigenvalue weighted by Gasteiger charge is 2.31. The largest absolute Gasteiger partial charge is 0.483 e. The van der Waals surface area contributed by atoms with E-state index in [9.17, 15) is 9.59 Å². The first-order valence-corrected chi connectivity index (χ1v) is 12.7. The van der Waals surface area contributed by atoms with Crippen molar-refractivity contribution < 1.29 is 14.3 Å². The summed E-state index contributed by atoms with van der Waals surface area (Å²) in [5.41, 5.74) is 2.18. The predicted octanol–water partition coefficient (Wildman–Crippen LogP) is 5.82. The monoisotopic (exact) mass is 514 g/mol. The third-order valence-corrected chi connectivity index (χ3v) is 6.88. The molecule has 0 bridgehead atoms. The lowest BCUT2D eigenvalue weighted by atomic mass is 10.0. The lowest BCUT2D eigenvalue weighted by Crippen LogP contribution is -2.52. The van der Waals surface area contributed by atoms with Crippen LogP contribution in [-0.2, 0) is 16.1 Å². The van der Waals surface area contributed by atoms with Gasteiger partial charge >= 0.3 is 0 Å². The van der Waals surface area contributed by atoms with Gasteiger partial charge in [0.1, 0.15) is 11.8 Å². The Morgan fingerprint density at radius 2 is 1.82 bits per heavy atom. The van der Waals surface area contributed by atoms with Crippen molar-refractivity contribution in [3.8, 4) is 5.75 Å². The molecule has 3 rings (SSSR count). The molecule has 1 aliphatic carbocycles. The molecule has 0 aliphatic heterocycles. The summed E-state index contributed by atoms with van der Waals surface area (Å²) in [6.45, 7) is 6.46. The highest BCUT2D eigenvalue weighted by Crippen LogP contribution is 2.29. The quantitative estimate of drug-likeness (QED) is 0.434. The van der Waals surface area contributed by atoms with Crippen LogP contribution in [0.5, 0.6) is 5.75 Å². The normalized spacial score (nSPS) is 14.8. The maximum atomic E-state index is 13.4. The van der Waals surface area contributed by atoms with Crippen LogP contribution in [-0.4, -0.2) is 35.4 Å². The van der Waals surface area contributed by atoms with Gasteiger partial charge in [0.05, 0.1) is 4.47 Å². The molecule has 6 heteroatoms. The van der Waals surface area contributed by atoms with Crippen molar-refractivity contribution in [3.63, 3.8) is 0 Å². The SMILES string of the molecule is CC[C@@H](C(=O)NC1CCCC1)N(Cc1ccccc1)C(=O)COc1ccc(C(C)C)cc1Br. The number of ether oxygens (including phenoxy) is 1. The zero-order valence-corrected chi connectivity index (χ0v) is 21.4. The number of rotatable bonds is 10. The molecule has 0 unspecified atom stereocenters. The molecular formula is C27H35BrN2O3. The molecule has 0 radical (unpaired) electrons. The van der Waals surface area contributed by atoms with Crippen molar-refractivity contribution in [3.05, 3.63) is 64.1 Å². The van der Waals surface area contributed by atoms with Crippen LogP contribution in [0.2, 0.25) is 0 Å². The second-order valence-corrected chi connectivity index (χ2v) is 9.91. The van der Waals surface area contributed by atoms with Gasteiger partial charge in [-0.15, -0.1) is 0 Å². The molecule has 0 heterocycles. The summed E-state index contributed by atoms with van der Waals surface area (Å²) in [5.74, 6) is 0.751. The number of carbonyl (C=O) groups excluding carboxylic acids is 2. The molecular weight excluding hydrogens is 480 g/mol. The lowest BCUT2D eigenvalue weighted by molar-refractivity contribution is -0.143. The van der Waals surface area contributed by atoms with E-state index in [4.69, 9.17) is 4.74 Å². The van der Waals surface area contributed by atoms with E-state index in [1.165, 1.54) is 5.56 Å². The topological polar surface area (TPSA) is 58.6 Å². The molecule has 1 atom stereocenters. The van der Waals surface area contributed by atoms with Crippen LogP contribution < -0.4 is 10.1 Å². The fraction of sp³-hybridized carbons (Fsp3) is 0.481. The average Bonchev–Trinajstić information content (AvgIpc) is 3.31. The van der Waals surface area contributed by atoms with Gasteiger partial charge in [-0.3, -0.25) is 9.59 Å². The molecule has 2 aromatic carbocycles. The Hall–Kier alpha value is -2.34. The second kappa shape index (κ2) is 12.2. The Balaban J connectivity index is 1.74. The van der Waals surface area contributed by atoms with Gasteiger partial charge in [0.25, 0.3) is 5.91 Å². The van der Waals surface area contributed by atoms with Crippen molar-refractivity contribution in [2.75, 3.05) is 6.61 Å². The summed E-state index contributed by atoms with van der Waals surface area (Å²) >= 11 is 3.56. The number of nitrogens with one attached hydrogen (secondary N) is 1. The van der Waals surface area contributed by atoms with Gasteiger partial charge in [0.15, 0.2) is 6.61 Å². The molecule has 2 amide bonds. The highest BCUT2D eigenvalue weighted by atomic mass is 79.9. The van der Waals surface area contributed by atoms with Crippen molar-refractivity contribution >= 4 is 27.7 Å². The Morgan fingerprint density at radius 3 is 2.42 bits per heavy atom. The summed E-state index contributed by atoms with van der Waals surface area (Å²) in [5, 5.41) is 3.17. The van der Waals surface area contributed by atoms with E-state index >= 15 is 0 Å². The molecule has 178 valence electrons. The van der Waals surface area contributed by atoms with E-state index in [-0.39, 0.29) is 24.5 Å².